The molecule has 0 spiro atoms. The highest BCUT2D eigenvalue weighted by molar-refractivity contribution is 5.87. The molecule has 0 fully saturated rings. The van der Waals surface area contributed by atoms with Crippen molar-refractivity contribution in [3.63, 3.8) is 0 Å². The topological polar surface area (TPSA) is 78.3 Å². The first-order valence-electron chi connectivity index (χ1n) is 3.83. The van der Waals surface area contributed by atoms with Crippen molar-refractivity contribution in [3.8, 4) is 0 Å². The Labute approximate surface area is 75.9 Å². The normalized spacial score (nSPS) is 11.3. The van der Waals surface area contributed by atoms with Crippen LogP contribution in [0.2, 0.25) is 0 Å². The van der Waals surface area contributed by atoms with Gasteiger partial charge in [0.2, 0.25) is 0 Å². The molecule has 0 bridgehead atoms. The fraction of sp³-hybridized carbons (Fsp3) is 0.500. The summed E-state index contributed by atoms with van der Waals surface area (Å²) in [4.78, 5) is 14.9. The summed E-state index contributed by atoms with van der Waals surface area (Å²) >= 11 is 0. The van der Waals surface area contributed by atoms with Gasteiger partial charge in [-0.15, -0.1) is 0 Å². The first-order valence-corrected chi connectivity index (χ1v) is 3.83. The molecule has 1 rings (SSSR count). The number of aromatic nitrogens is 1. The molecule has 0 amide bonds. The molecule has 72 valence electrons. The monoisotopic (exact) mass is 184 g/mol. The Hall–Kier alpha value is -1.52. The van der Waals surface area contributed by atoms with E-state index >= 15 is 0 Å². The number of anilines is 1. The fourth-order valence-electron chi connectivity index (χ4n) is 0.712. The van der Waals surface area contributed by atoms with Crippen LogP contribution in [0.1, 0.15) is 31.3 Å². The van der Waals surface area contributed by atoms with Crippen molar-refractivity contribution in [2.24, 2.45) is 0 Å². The molecule has 0 unspecified atom stereocenters. The van der Waals surface area contributed by atoms with Gasteiger partial charge < -0.3 is 14.9 Å². The molecule has 13 heavy (non-hydrogen) atoms. The van der Waals surface area contributed by atoms with E-state index in [9.17, 15) is 4.79 Å². The molecule has 0 aliphatic heterocycles. The summed E-state index contributed by atoms with van der Waals surface area (Å²) in [5.41, 5.74) is 4.75. The van der Waals surface area contributed by atoms with Crippen LogP contribution < -0.4 is 5.73 Å². The lowest BCUT2D eigenvalue weighted by molar-refractivity contribution is 0.00629. The van der Waals surface area contributed by atoms with Crippen molar-refractivity contribution in [2.75, 3.05) is 5.73 Å². The third kappa shape index (κ3) is 2.77. The molecule has 0 radical (unpaired) electrons. The van der Waals surface area contributed by atoms with Gasteiger partial charge in [0, 0.05) is 0 Å². The third-order valence-corrected chi connectivity index (χ3v) is 1.13. The zero-order valence-electron chi connectivity index (χ0n) is 7.83. The van der Waals surface area contributed by atoms with Crippen LogP contribution in [0.4, 0.5) is 6.01 Å². The first-order chi connectivity index (χ1) is 5.88. The minimum Gasteiger partial charge on any atom is -0.455 e. The molecular weight excluding hydrogens is 172 g/mol. The minimum absolute atomic E-state index is 0.0409. The molecule has 0 saturated heterocycles. The Morgan fingerprint density at radius 1 is 1.62 bits per heavy atom. The van der Waals surface area contributed by atoms with Crippen LogP contribution in [-0.4, -0.2) is 16.6 Å². The second-order valence-corrected chi connectivity index (χ2v) is 3.57. The Morgan fingerprint density at radius 2 is 2.23 bits per heavy atom. The number of esters is 1. The van der Waals surface area contributed by atoms with Gasteiger partial charge in [-0.2, -0.15) is 4.98 Å². The molecule has 0 atom stereocenters. The molecule has 1 aromatic rings. The van der Waals surface area contributed by atoms with Crippen molar-refractivity contribution in [2.45, 2.75) is 26.4 Å². The summed E-state index contributed by atoms with van der Waals surface area (Å²) in [5.74, 6) is -0.534. The van der Waals surface area contributed by atoms with Gasteiger partial charge in [0.05, 0.1) is 0 Å². The smallest absolute Gasteiger partial charge is 0.360 e. The molecular formula is C8H12N2O3. The number of nitrogens with zero attached hydrogens (tertiary/aromatic N) is 1. The number of carbonyl (C=O) groups is 1. The predicted octanol–water partition coefficient (Wildman–Crippen LogP) is 1.21. The molecule has 0 aliphatic carbocycles. The maximum atomic E-state index is 11.3. The molecule has 1 aromatic heterocycles. The molecule has 0 aromatic carbocycles. The summed E-state index contributed by atoms with van der Waals surface area (Å²) in [6.07, 6.45) is 1.17. The quantitative estimate of drug-likeness (QED) is 0.663. The average Bonchev–Trinajstić information content (AvgIpc) is 2.31. The highest BCUT2D eigenvalue weighted by Gasteiger charge is 2.20. The van der Waals surface area contributed by atoms with Crippen molar-refractivity contribution in [3.05, 3.63) is 12.0 Å². The Bertz CT molecular complexity index is 311. The zero-order chi connectivity index (χ0) is 10.1. The van der Waals surface area contributed by atoms with E-state index in [2.05, 4.69) is 9.40 Å². The lowest BCUT2D eigenvalue weighted by atomic mass is 10.2. The number of nitrogen functional groups attached to an aromatic ring is 1. The van der Waals surface area contributed by atoms with E-state index in [1.54, 1.807) is 20.8 Å². The van der Waals surface area contributed by atoms with Gasteiger partial charge in [0.1, 0.15) is 11.9 Å². The molecule has 5 nitrogen and oxygen atoms in total. The van der Waals surface area contributed by atoms with E-state index < -0.39 is 11.6 Å². The van der Waals surface area contributed by atoms with Crippen LogP contribution in [0.5, 0.6) is 0 Å². The first kappa shape index (κ1) is 9.57. The van der Waals surface area contributed by atoms with E-state index in [0.29, 0.717) is 0 Å². The van der Waals surface area contributed by atoms with Crippen LogP contribution in [-0.2, 0) is 4.74 Å². The minimum atomic E-state index is -0.537. The van der Waals surface area contributed by atoms with Crippen LogP contribution in [0.15, 0.2) is 10.7 Å². The van der Waals surface area contributed by atoms with Gasteiger partial charge in [0.15, 0.2) is 5.69 Å². The summed E-state index contributed by atoms with van der Waals surface area (Å²) in [7, 11) is 0. The average molecular weight is 184 g/mol. The number of oxazole rings is 1. The number of hydrogen-bond donors (Lipinski definition) is 1. The van der Waals surface area contributed by atoms with Crippen molar-refractivity contribution < 1.29 is 13.9 Å². The molecule has 5 heteroatoms. The van der Waals surface area contributed by atoms with E-state index in [-0.39, 0.29) is 11.7 Å². The second kappa shape index (κ2) is 3.08. The molecule has 2 N–H and O–H groups in total. The standard InChI is InChI=1S/C8H12N2O3/c1-8(2,3)13-6(11)5-4-12-7(9)10-5/h4H,1-3H3,(H2,9,10). The van der Waals surface area contributed by atoms with Crippen molar-refractivity contribution in [1.82, 2.24) is 4.98 Å². The summed E-state index contributed by atoms with van der Waals surface area (Å²) in [5, 5.41) is 0. The van der Waals surface area contributed by atoms with Gasteiger partial charge in [-0.3, -0.25) is 0 Å². The Morgan fingerprint density at radius 3 is 2.62 bits per heavy atom. The number of hydrogen-bond acceptors (Lipinski definition) is 5. The number of ether oxygens (including phenoxy) is 1. The fourth-order valence-corrected chi connectivity index (χ4v) is 0.712. The maximum Gasteiger partial charge on any atom is 0.360 e. The Balaban J connectivity index is 2.70. The van der Waals surface area contributed by atoms with Crippen molar-refractivity contribution >= 4 is 12.0 Å². The van der Waals surface area contributed by atoms with Crippen LogP contribution >= 0.6 is 0 Å². The zero-order valence-corrected chi connectivity index (χ0v) is 7.83. The van der Waals surface area contributed by atoms with Crippen LogP contribution in [0, 0.1) is 0 Å². The lowest BCUT2D eigenvalue weighted by Gasteiger charge is -2.18. The van der Waals surface area contributed by atoms with Crippen LogP contribution in [0.25, 0.3) is 0 Å². The lowest BCUT2D eigenvalue weighted by Crippen LogP contribution is -2.24. The highest BCUT2D eigenvalue weighted by atomic mass is 16.6. The van der Waals surface area contributed by atoms with Gasteiger partial charge in [-0.05, 0) is 20.8 Å². The summed E-state index contributed by atoms with van der Waals surface area (Å²) in [6, 6.07) is -0.0409. The van der Waals surface area contributed by atoms with E-state index in [4.69, 9.17) is 10.5 Å². The Kier molecular flexibility index (Phi) is 2.27. The number of rotatable bonds is 1. The number of nitrogens with two attached hydrogens (primary N) is 1. The molecule has 0 aliphatic rings. The van der Waals surface area contributed by atoms with Gasteiger partial charge in [-0.1, -0.05) is 0 Å². The van der Waals surface area contributed by atoms with Gasteiger partial charge >= 0.3 is 5.97 Å². The molecule has 0 saturated carbocycles. The maximum absolute atomic E-state index is 11.3. The molecule has 1 heterocycles. The van der Waals surface area contributed by atoms with E-state index in [1.165, 1.54) is 6.26 Å². The third-order valence-electron chi connectivity index (χ3n) is 1.13. The number of carbonyl (C=O) groups excluding carboxylic acids is 1. The van der Waals surface area contributed by atoms with Crippen LogP contribution in [0.3, 0.4) is 0 Å². The highest BCUT2D eigenvalue weighted by Crippen LogP contribution is 2.12. The SMILES string of the molecule is CC(C)(C)OC(=O)c1coc(N)n1. The summed E-state index contributed by atoms with van der Waals surface area (Å²) < 4.78 is 9.69. The van der Waals surface area contributed by atoms with E-state index in [1.807, 2.05) is 0 Å². The summed E-state index contributed by atoms with van der Waals surface area (Å²) in [6.45, 7) is 5.32. The van der Waals surface area contributed by atoms with E-state index in [0.717, 1.165) is 0 Å². The van der Waals surface area contributed by atoms with Gasteiger partial charge in [-0.25, -0.2) is 4.79 Å². The van der Waals surface area contributed by atoms with Crippen molar-refractivity contribution in [1.29, 1.82) is 0 Å². The van der Waals surface area contributed by atoms with Gasteiger partial charge in [0.25, 0.3) is 6.01 Å². The largest absolute Gasteiger partial charge is 0.455 e. The predicted molar refractivity (Wildman–Crippen MR) is 46.1 cm³/mol. The second-order valence-electron chi connectivity index (χ2n) is 3.57.